The van der Waals surface area contributed by atoms with E-state index in [1.807, 2.05) is 24.3 Å². The van der Waals surface area contributed by atoms with Gasteiger partial charge in [0.25, 0.3) is 5.91 Å². The molecule has 0 saturated heterocycles. The van der Waals surface area contributed by atoms with Gasteiger partial charge in [0.2, 0.25) is 0 Å². The Kier molecular flexibility index (Phi) is 3.69. The van der Waals surface area contributed by atoms with Crippen molar-refractivity contribution in [2.45, 2.75) is 0 Å². The van der Waals surface area contributed by atoms with Crippen molar-refractivity contribution in [1.29, 1.82) is 5.41 Å². The smallest absolute Gasteiger partial charge is 0.251 e. The van der Waals surface area contributed by atoms with E-state index in [4.69, 9.17) is 5.41 Å². The summed E-state index contributed by atoms with van der Waals surface area (Å²) in [5.41, 5.74) is 3.14. The topological polar surface area (TPSA) is 105 Å². The second kappa shape index (κ2) is 6.03. The Hall–Kier alpha value is -3.61. The quantitative estimate of drug-likeness (QED) is 0.584. The molecule has 4 rings (SSSR count). The van der Waals surface area contributed by atoms with Gasteiger partial charge in [0.1, 0.15) is 17.4 Å². The largest absolute Gasteiger partial charge is 0.509 e. The van der Waals surface area contributed by atoms with Crippen LogP contribution >= 0.6 is 0 Å². The second-order valence-corrected chi connectivity index (χ2v) is 5.99. The van der Waals surface area contributed by atoms with Gasteiger partial charge in [0, 0.05) is 18.3 Å². The monoisotopic (exact) mass is 347 g/mol. The highest BCUT2D eigenvalue weighted by molar-refractivity contribution is 6.30. The number of aromatic amines is 1. The molecule has 26 heavy (non-hydrogen) atoms. The van der Waals surface area contributed by atoms with Crippen LogP contribution in [-0.4, -0.2) is 40.4 Å². The average molecular weight is 347 g/mol. The number of fused-ring (bicyclic) bond motifs is 1. The van der Waals surface area contributed by atoms with E-state index in [1.165, 1.54) is 0 Å². The standard InChI is InChI=1S/C19H17N5O2/c1-21-19(26)11-5-4-6-12(9-11)24-10-15(25)16(17(24)20)18-22-13-7-2-3-8-14(13)23-18/h2-9,20,25H,10H2,1H3,(H,21,26)(H,22,23). The highest BCUT2D eigenvalue weighted by Gasteiger charge is 2.31. The molecule has 7 heteroatoms. The van der Waals surface area contributed by atoms with Gasteiger partial charge < -0.3 is 20.3 Å². The predicted molar refractivity (Wildman–Crippen MR) is 101 cm³/mol. The number of nitrogens with one attached hydrogen (secondary N) is 3. The molecule has 2 aromatic carbocycles. The third-order valence-corrected chi connectivity index (χ3v) is 4.38. The lowest BCUT2D eigenvalue weighted by Gasteiger charge is -2.19. The zero-order valence-electron chi connectivity index (χ0n) is 14.1. The number of carbonyl (C=O) groups excluding carboxylic acids is 1. The van der Waals surface area contributed by atoms with Crippen molar-refractivity contribution in [3.63, 3.8) is 0 Å². The van der Waals surface area contributed by atoms with E-state index in [0.29, 0.717) is 22.6 Å². The molecule has 0 radical (unpaired) electrons. The first-order valence-corrected chi connectivity index (χ1v) is 8.14. The number of amidine groups is 1. The molecule has 1 aliphatic heterocycles. The van der Waals surface area contributed by atoms with Gasteiger partial charge in [-0.1, -0.05) is 18.2 Å². The normalized spacial score (nSPS) is 14.3. The minimum atomic E-state index is -0.202. The maximum Gasteiger partial charge on any atom is 0.251 e. The number of hydrogen-bond donors (Lipinski definition) is 4. The molecule has 0 atom stereocenters. The van der Waals surface area contributed by atoms with E-state index in [0.717, 1.165) is 11.0 Å². The summed E-state index contributed by atoms with van der Waals surface area (Å²) in [6.45, 7) is 0.155. The van der Waals surface area contributed by atoms with Gasteiger partial charge in [-0.05, 0) is 30.3 Å². The highest BCUT2D eigenvalue weighted by Crippen LogP contribution is 2.31. The summed E-state index contributed by atoms with van der Waals surface area (Å²) in [7, 11) is 1.57. The molecule has 0 spiro atoms. The molecule has 1 amide bonds. The van der Waals surface area contributed by atoms with Crippen molar-refractivity contribution < 1.29 is 9.90 Å². The molecule has 0 aliphatic carbocycles. The Labute approximate surface area is 149 Å². The molecular formula is C19H17N5O2. The number of para-hydroxylation sites is 2. The fourth-order valence-electron chi connectivity index (χ4n) is 3.08. The zero-order valence-corrected chi connectivity index (χ0v) is 14.1. The average Bonchev–Trinajstić information content (AvgIpc) is 3.21. The Morgan fingerprint density at radius 1 is 1.27 bits per heavy atom. The molecule has 3 aromatic rings. The van der Waals surface area contributed by atoms with Crippen molar-refractivity contribution in [3.8, 4) is 0 Å². The Morgan fingerprint density at radius 2 is 2.08 bits per heavy atom. The molecule has 0 saturated carbocycles. The number of aromatic nitrogens is 2. The van der Waals surface area contributed by atoms with Gasteiger partial charge in [-0.3, -0.25) is 10.2 Å². The summed E-state index contributed by atoms with van der Waals surface area (Å²) < 4.78 is 0. The minimum Gasteiger partial charge on any atom is -0.509 e. The lowest BCUT2D eigenvalue weighted by atomic mass is 10.1. The third-order valence-electron chi connectivity index (χ3n) is 4.38. The molecule has 130 valence electrons. The molecule has 1 aliphatic rings. The number of hydrogen-bond acceptors (Lipinski definition) is 4. The maximum absolute atomic E-state index is 11.9. The highest BCUT2D eigenvalue weighted by atomic mass is 16.3. The number of carbonyl (C=O) groups is 1. The van der Waals surface area contributed by atoms with Crippen LogP contribution in [0.15, 0.2) is 54.3 Å². The van der Waals surface area contributed by atoms with Gasteiger partial charge in [-0.15, -0.1) is 0 Å². The van der Waals surface area contributed by atoms with Crippen LogP contribution in [0.3, 0.4) is 0 Å². The fourth-order valence-corrected chi connectivity index (χ4v) is 3.08. The van der Waals surface area contributed by atoms with Crippen LogP contribution in [0.1, 0.15) is 16.2 Å². The van der Waals surface area contributed by atoms with Crippen molar-refractivity contribution in [2.24, 2.45) is 0 Å². The summed E-state index contributed by atoms with van der Waals surface area (Å²) >= 11 is 0. The number of nitrogens with zero attached hydrogens (tertiary/aromatic N) is 2. The summed E-state index contributed by atoms with van der Waals surface area (Å²) in [6, 6.07) is 14.5. The summed E-state index contributed by atoms with van der Waals surface area (Å²) in [5, 5.41) is 21.5. The van der Waals surface area contributed by atoms with E-state index >= 15 is 0 Å². The van der Waals surface area contributed by atoms with Crippen LogP contribution in [0.2, 0.25) is 0 Å². The molecule has 1 aromatic heterocycles. The first kappa shape index (κ1) is 15.9. The van der Waals surface area contributed by atoms with Gasteiger partial charge in [0.15, 0.2) is 0 Å². The van der Waals surface area contributed by atoms with E-state index in [9.17, 15) is 9.90 Å². The number of anilines is 1. The molecule has 0 unspecified atom stereocenters. The number of imidazole rings is 1. The number of amides is 1. The van der Waals surface area contributed by atoms with Crippen molar-refractivity contribution in [1.82, 2.24) is 15.3 Å². The molecule has 7 nitrogen and oxygen atoms in total. The number of aliphatic hydroxyl groups is 1. The number of H-pyrrole nitrogens is 1. The van der Waals surface area contributed by atoms with E-state index < -0.39 is 0 Å². The van der Waals surface area contributed by atoms with Crippen molar-refractivity contribution in [3.05, 3.63) is 65.7 Å². The Bertz CT molecular complexity index is 1030. The maximum atomic E-state index is 11.9. The van der Waals surface area contributed by atoms with E-state index in [2.05, 4.69) is 15.3 Å². The summed E-state index contributed by atoms with van der Waals surface area (Å²) in [6.07, 6.45) is 0. The van der Waals surface area contributed by atoms with Crippen LogP contribution in [0, 0.1) is 5.41 Å². The summed E-state index contributed by atoms with van der Waals surface area (Å²) in [4.78, 5) is 21.1. The molecular weight excluding hydrogens is 330 g/mol. The van der Waals surface area contributed by atoms with Crippen LogP contribution in [0.5, 0.6) is 0 Å². The zero-order chi connectivity index (χ0) is 18.3. The lowest BCUT2D eigenvalue weighted by Crippen LogP contribution is -2.27. The first-order valence-electron chi connectivity index (χ1n) is 8.14. The van der Waals surface area contributed by atoms with Crippen LogP contribution < -0.4 is 10.2 Å². The molecule has 0 bridgehead atoms. The van der Waals surface area contributed by atoms with Gasteiger partial charge in [0.05, 0.1) is 23.2 Å². The molecule has 4 N–H and O–H groups in total. The lowest BCUT2D eigenvalue weighted by molar-refractivity contribution is 0.0963. The number of aliphatic hydroxyl groups excluding tert-OH is 1. The van der Waals surface area contributed by atoms with Crippen molar-refractivity contribution >= 4 is 34.0 Å². The SMILES string of the molecule is CNC(=O)c1cccc(N2CC(O)=C(c3nc4ccccc4[nH]3)C2=N)c1. The molecule has 0 fully saturated rings. The Balaban J connectivity index is 1.69. The third kappa shape index (κ3) is 2.50. The van der Waals surface area contributed by atoms with Gasteiger partial charge >= 0.3 is 0 Å². The summed E-state index contributed by atoms with van der Waals surface area (Å²) in [5.74, 6) is 0.459. The van der Waals surface area contributed by atoms with Gasteiger partial charge in [-0.25, -0.2) is 4.98 Å². The molecule has 2 heterocycles. The number of benzene rings is 2. The van der Waals surface area contributed by atoms with Crippen molar-refractivity contribution in [2.75, 3.05) is 18.5 Å². The van der Waals surface area contributed by atoms with Crippen LogP contribution in [0.4, 0.5) is 5.69 Å². The minimum absolute atomic E-state index is 0.0689. The van der Waals surface area contributed by atoms with E-state index in [-0.39, 0.29) is 24.0 Å². The second-order valence-electron chi connectivity index (χ2n) is 5.99. The van der Waals surface area contributed by atoms with E-state index in [1.54, 1.807) is 36.2 Å². The van der Waals surface area contributed by atoms with Crippen LogP contribution in [-0.2, 0) is 0 Å². The first-order chi connectivity index (χ1) is 12.6. The fraction of sp³-hybridized carbons (Fsp3) is 0.105. The van der Waals surface area contributed by atoms with Gasteiger partial charge in [-0.2, -0.15) is 0 Å². The van der Waals surface area contributed by atoms with Crippen LogP contribution in [0.25, 0.3) is 16.6 Å². The number of rotatable bonds is 3. The Morgan fingerprint density at radius 3 is 2.85 bits per heavy atom. The predicted octanol–water partition coefficient (Wildman–Crippen LogP) is 2.69.